The van der Waals surface area contributed by atoms with Gasteiger partial charge in [-0.15, -0.1) is 0 Å². The van der Waals surface area contributed by atoms with E-state index in [2.05, 4.69) is 9.97 Å². The van der Waals surface area contributed by atoms with E-state index < -0.39 is 29.3 Å². The molecule has 0 aliphatic heterocycles. The molecule has 4 nitrogen and oxygen atoms in total. The molecular formula is C11H7F4N3O. The summed E-state index contributed by atoms with van der Waals surface area (Å²) in [5.41, 5.74) is 4.19. The van der Waals surface area contributed by atoms with Crippen molar-refractivity contribution in [1.82, 2.24) is 9.97 Å². The molecule has 0 radical (unpaired) electrons. The molecule has 0 unspecified atom stereocenters. The Labute approximate surface area is 104 Å². The number of nitrogens with zero attached hydrogens (tertiary/aromatic N) is 2. The summed E-state index contributed by atoms with van der Waals surface area (Å²) < 4.78 is 55.7. The SMILES string of the molecule is Nc1ccc(Oc2ncc(F)cn2)c(C(F)(F)F)c1. The summed E-state index contributed by atoms with van der Waals surface area (Å²) in [5.74, 6) is -1.23. The number of ether oxygens (including phenoxy) is 1. The van der Waals surface area contributed by atoms with Gasteiger partial charge in [0.1, 0.15) is 11.3 Å². The fraction of sp³-hybridized carbons (Fsp3) is 0.0909. The molecule has 2 N–H and O–H groups in total. The average molecular weight is 273 g/mol. The largest absolute Gasteiger partial charge is 0.424 e. The molecule has 0 spiro atoms. The molecule has 8 heteroatoms. The molecule has 1 aromatic heterocycles. The van der Waals surface area contributed by atoms with Crippen LogP contribution in [0.15, 0.2) is 30.6 Å². The van der Waals surface area contributed by atoms with Crippen LogP contribution >= 0.6 is 0 Å². The van der Waals surface area contributed by atoms with Gasteiger partial charge in [0.15, 0.2) is 5.82 Å². The lowest BCUT2D eigenvalue weighted by molar-refractivity contribution is -0.138. The highest BCUT2D eigenvalue weighted by molar-refractivity contribution is 5.49. The molecule has 1 heterocycles. The van der Waals surface area contributed by atoms with E-state index in [9.17, 15) is 17.6 Å². The Balaban J connectivity index is 2.37. The van der Waals surface area contributed by atoms with Crippen LogP contribution in [0.4, 0.5) is 23.2 Å². The van der Waals surface area contributed by atoms with Crippen LogP contribution in [-0.4, -0.2) is 9.97 Å². The molecule has 0 saturated heterocycles. The van der Waals surface area contributed by atoms with Gasteiger partial charge < -0.3 is 10.5 Å². The number of halogens is 4. The Morgan fingerprint density at radius 2 is 1.74 bits per heavy atom. The zero-order chi connectivity index (χ0) is 14.0. The summed E-state index contributed by atoms with van der Waals surface area (Å²) in [7, 11) is 0. The Kier molecular flexibility index (Phi) is 3.24. The lowest BCUT2D eigenvalue weighted by atomic mass is 10.1. The van der Waals surface area contributed by atoms with Crippen molar-refractivity contribution < 1.29 is 22.3 Å². The molecule has 0 aliphatic carbocycles. The predicted octanol–water partition coefficient (Wildman–Crippen LogP) is 3.01. The summed E-state index contributed by atoms with van der Waals surface area (Å²) in [6.07, 6.45) is -3.06. The van der Waals surface area contributed by atoms with Gasteiger partial charge in [0.2, 0.25) is 0 Å². The van der Waals surface area contributed by atoms with Crippen LogP contribution in [-0.2, 0) is 6.18 Å². The Bertz CT molecular complexity index is 583. The molecule has 2 rings (SSSR count). The Morgan fingerprint density at radius 3 is 2.32 bits per heavy atom. The van der Waals surface area contributed by atoms with Crippen molar-refractivity contribution in [2.75, 3.05) is 5.73 Å². The minimum Gasteiger partial charge on any atom is -0.424 e. The van der Waals surface area contributed by atoms with Gasteiger partial charge in [-0.1, -0.05) is 0 Å². The molecular weight excluding hydrogens is 266 g/mol. The highest BCUT2D eigenvalue weighted by atomic mass is 19.4. The van der Waals surface area contributed by atoms with Crippen molar-refractivity contribution >= 4 is 5.69 Å². The number of rotatable bonds is 2. The van der Waals surface area contributed by atoms with E-state index in [1.807, 2.05) is 0 Å². The van der Waals surface area contributed by atoms with Gasteiger partial charge in [-0.3, -0.25) is 0 Å². The zero-order valence-corrected chi connectivity index (χ0v) is 9.28. The summed E-state index contributed by atoms with van der Waals surface area (Å²) in [4.78, 5) is 6.82. The second-order valence-corrected chi connectivity index (χ2v) is 3.54. The van der Waals surface area contributed by atoms with Crippen LogP contribution in [0.2, 0.25) is 0 Å². The molecule has 0 fully saturated rings. The predicted molar refractivity (Wildman–Crippen MR) is 57.9 cm³/mol. The first-order chi connectivity index (χ1) is 8.86. The lowest BCUT2D eigenvalue weighted by Gasteiger charge is -2.13. The monoisotopic (exact) mass is 273 g/mol. The fourth-order valence-electron chi connectivity index (χ4n) is 1.31. The van der Waals surface area contributed by atoms with Gasteiger partial charge in [0, 0.05) is 5.69 Å². The van der Waals surface area contributed by atoms with Gasteiger partial charge in [0.05, 0.1) is 12.4 Å². The van der Waals surface area contributed by atoms with E-state index in [0.29, 0.717) is 0 Å². The summed E-state index contributed by atoms with van der Waals surface area (Å²) in [5, 5.41) is 0. The highest BCUT2D eigenvalue weighted by Crippen LogP contribution is 2.38. The minimum absolute atomic E-state index is 0.0558. The maximum Gasteiger partial charge on any atom is 0.420 e. The minimum atomic E-state index is -4.63. The average Bonchev–Trinajstić information content (AvgIpc) is 2.33. The number of hydrogen-bond acceptors (Lipinski definition) is 4. The van der Waals surface area contributed by atoms with Crippen molar-refractivity contribution in [3.8, 4) is 11.8 Å². The molecule has 100 valence electrons. The number of nitrogen functional groups attached to an aromatic ring is 1. The highest BCUT2D eigenvalue weighted by Gasteiger charge is 2.35. The first-order valence-electron chi connectivity index (χ1n) is 4.98. The second-order valence-electron chi connectivity index (χ2n) is 3.54. The normalized spacial score (nSPS) is 11.4. The van der Waals surface area contributed by atoms with Crippen molar-refractivity contribution in [1.29, 1.82) is 0 Å². The third-order valence-electron chi connectivity index (χ3n) is 2.11. The molecule has 1 aromatic carbocycles. The van der Waals surface area contributed by atoms with Crippen LogP contribution in [0.1, 0.15) is 5.56 Å². The number of aromatic nitrogens is 2. The molecule has 0 saturated carbocycles. The molecule has 0 atom stereocenters. The van der Waals surface area contributed by atoms with Gasteiger partial charge in [-0.05, 0) is 18.2 Å². The molecule has 0 aliphatic rings. The van der Waals surface area contributed by atoms with E-state index in [1.54, 1.807) is 0 Å². The first-order valence-corrected chi connectivity index (χ1v) is 4.98. The lowest BCUT2D eigenvalue weighted by Crippen LogP contribution is -2.08. The third kappa shape index (κ3) is 3.09. The number of alkyl halides is 3. The van der Waals surface area contributed by atoms with Crippen LogP contribution in [0.3, 0.4) is 0 Å². The van der Waals surface area contributed by atoms with Crippen molar-refractivity contribution in [2.45, 2.75) is 6.18 Å². The van der Waals surface area contributed by atoms with Gasteiger partial charge in [-0.25, -0.2) is 14.4 Å². The topological polar surface area (TPSA) is 61.0 Å². The second kappa shape index (κ2) is 4.71. The fourth-order valence-corrected chi connectivity index (χ4v) is 1.31. The van der Waals surface area contributed by atoms with Gasteiger partial charge in [-0.2, -0.15) is 13.2 Å². The Morgan fingerprint density at radius 1 is 1.11 bits per heavy atom. The van der Waals surface area contributed by atoms with Crippen LogP contribution in [0, 0.1) is 5.82 Å². The number of nitrogens with two attached hydrogens (primary N) is 1. The first kappa shape index (κ1) is 13.1. The molecule has 2 aromatic rings. The van der Waals surface area contributed by atoms with Gasteiger partial charge in [0.25, 0.3) is 0 Å². The zero-order valence-electron chi connectivity index (χ0n) is 9.28. The van der Waals surface area contributed by atoms with Crippen LogP contribution in [0.5, 0.6) is 11.8 Å². The smallest absolute Gasteiger partial charge is 0.420 e. The third-order valence-corrected chi connectivity index (χ3v) is 2.11. The molecule has 0 bridgehead atoms. The van der Waals surface area contributed by atoms with E-state index in [4.69, 9.17) is 10.5 Å². The van der Waals surface area contributed by atoms with Gasteiger partial charge >= 0.3 is 12.2 Å². The van der Waals surface area contributed by atoms with E-state index >= 15 is 0 Å². The van der Waals surface area contributed by atoms with Crippen LogP contribution in [0.25, 0.3) is 0 Å². The van der Waals surface area contributed by atoms with E-state index in [-0.39, 0.29) is 5.69 Å². The summed E-state index contributed by atoms with van der Waals surface area (Å²) >= 11 is 0. The molecule has 0 amide bonds. The van der Waals surface area contributed by atoms with E-state index in [0.717, 1.165) is 24.5 Å². The van der Waals surface area contributed by atoms with Crippen molar-refractivity contribution in [3.63, 3.8) is 0 Å². The summed E-state index contributed by atoms with van der Waals surface area (Å²) in [6, 6.07) is 2.63. The van der Waals surface area contributed by atoms with Crippen LogP contribution < -0.4 is 10.5 Å². The van der Waals surface area contributed by atoms with Crippen molar-refractivity contribution in [2.24, 2.45) is 0 Å². The summed E-state index contributed by atoms with van der Waals surface area (Å²) in [6.45, 7) is 0. The standard InChI is InChI=1S/C11H7F4N3O/c12-6-4-17-10(18-5-6)19-9-2-1-7(16)3-8(9)11(13,14)15/h1-5H,16H2. The number of hydrogen-bond donors (Lipinski definition) is 1. The van der Waals surface area contributed by atoms with E-state index in [1.165, 1.54) is 6.07 Å². The number of anilines is 1. The quantitative estimate of drug-likeness (QED) is 0.675. The van der Waals surface area contributed by atoms with Crippen molar-refractivity contribution in [3.05, 3.63) is 42.0 Å². The maximum absolute atomic E-state index is 12.8. The Hall–Kier alpha value is -2.38. The molecule has 19 heavy (non-hydrogen) atoms. The number of benzene rings is 1. The maximum atomic E-state index is 12.8.